The van der Waals surface area contributed by atoms with Crippen molar-refractivity contribution in [3.8, 4) is 22.8 Å². The van der Waals surface area contributed by atoms with E-state index in [1.807, 2.05) is 30.3 Å². The number of benzene rings is 2. The Kier molecular flexibility index (Phi) is 11.8. The summed E-state index contributed by atoms with van der Waals surface area (Å²) in [4.78, 5) is 19.2. The van der Waals surface area contributed by atoms with E-state index in [0.717, 1.165) is 29.5 Å². The SMILES string of the molecule is CCCCOc1cccc(-c2ccc(C(Oc3cc(C4=CCC(CC(N)C(=O)O)CC4)nc(N)n3)C(F)(F)F)cc2)c1.Cl. The molecule has 0 spiro atoms. The van der Waals surface area contributed by atoms with Gasteiger partial charge in [-0.3, -0.25) is 4.79 Å². The summed E-state index contributed by atoms with van der Waals surface area (Å²) in [6.07, 6.45) is -1.06. The standard InChI is InChI=1S/C31H35F3N4O4.ClH/c1-2-3-15-41-24-6-4-5-23(17-24)20-11-13-22(14-12-20)28(31(32,33)34)42-27-18-26(37-30(36)38-27)21-9-7-19(8-10-21)16-25(35)29(39)40;/h4-6,9,11-14,17-19,25,28H,2-3,7-8,10,15-16,35H2,1H3,(H,39,40)(H2,36,37,38);1H. The average Bonchev–Trinajstić information content (AvgIpc) is 2.96. The molecule has 3 unspecified atom stereocenters. The van der Waals surface area contributed by atoms with Gasteiger partial charge in [0.1, 0.15) is 11.8 Å². The molecule has 1 aliphatic rings. The van der Waals surface area contributed by atoms with Crippen molar-refractivity contribution in [3.05, 3.63) is 71.9 Å². The van der Waals surface area contributed by atoms with Crippen molar-refractivity contribution < 1.29 is 32.5 Å². The Labute approximate surface area is 254 Å². The molecule has 1 aromatic heterocycles. The summed E-state index contributed by atoms with van der Waals surface area (Å²) in [6.45, 7) is 2.67. The van der Waals surface area contributed by atoms with Crippen LogP contribution in [0.15, 0.2) is 60.7 Å². The topological polar surface area (TPSA) is 134 Å². The van der Waals surface area contributed by atoms with Gasteiger partial charge in [0, 0.05) is 11.6 Å². The molecule has 0 fully saturated rings. The molecule has 43 heavy (non-hydrogen) atoms. The molecule has 4 rings (SSSR count). The number of carboxylic acids is 1. The summed E-state index contributed by atoms with van der Waals surface area (Å²) >= 11 is 0. The molecule has 0 bridgehead atoms. The minimum atomic E-state index is -4.73. The number of alkyl halides is 3. The van der Waals surface area contributed by atoms with E-state index in [4.69, 9.17) is 26.0 Å². The second-order valence-corrected chi connectivity index (χ2v) is 10.4. The largest absolute Gasteiger partial charge is 0.494 e. The van der Waals surface area contributed by atoms with Crippen molar-refractivity contribution in [2.45, 2.75) is 63.8 Å². The molecule has 1 heterocycles. The molecule has 0 saturated heterocycles. The van der Waals surface area contributed by atoms with Gasteiger partial charge in [-0.1, -0.05) is 55.8 Å². The molecule has 12 heteroatoms. The van der Waals surface area contributed by atoms with E-state index in [-0.39, 0.29) is 35.7 Å². The molecule has 3 aromatic rings. The lowest BCUT2D eigenvalue weighted by atomic mass is 9.84. The highest BCUT2D eigenvalue weighted by Crippen LogP contribution is 2.39. The Morgan fingerprint density at radius 3 is 2.49 bits per heavy atom. The maximum atomic E-state index is 14.2. The first kappa shape index (κ1) is 33.7. The smallest absolute Gasteiger partial charge is 0.429 e. The van der Waals surface area contributed by atoms with Gasteiger partial charge in [-0.15, -0.1) is 12.4 Å². The third-order valence-electron chi connectivity index (χ3n) is 7.16. The molecular formula is C31H36ClF3N4O4. The van der Waals surface area contributed by atoms with Crippen LogP contribution in [0, 0.1) is 5.92 Å². The van der Waals surface area contributed by atoms with Gasteiger partial charge in [0.15, 0.2) is 0 Å². The molecule has 8 nitrogen and oxygen atoms in total. The lowest BCUT2D eigenvalue weighted by molar-refractivity contribution is -0.198. The van der Waals surface area contributed by atoms with Crippen molar-refractivity contribution in [1.29, 1.82) is 0 Å². The molecule has 3 atom stereocenters. The normalized spacial score (nSPS) is 16.4. The van der Waals surface area contributed by atoms with E-state index in [9.17, 15) is 18.0 Å². The fraction of sp³-hybridized carbons (Fsp3) is 0.387. The number of nitrogens with zero attached hydrogens (tertiary/aromatic N) is 2. The number of ether oxygens (including phenoxy) is 2. The van der Waals surface area contributed by atoms with Gasteiger partial charge < -0.3 is 26.0 Å². The summed E-state index contributed by atoms with van der Waals surface area (Å²) in [5, 5.41) is 9.05. The van der Waals surface area contributed by atoms with Crippen LogP contribution >= 0.6 is 12.4 Å². The number of anilines is 1. The molecule has 0 aliphatic heterocycles. The number of unbranched alkanes of at least 4 members (excludes halogenated alkanes) is 1. The van der Waals surface area contributed by atoms with E-state index in [1.165, 1.54) is 18.2 Å². The Hall–Kier alpha value is -3.83. The number of carboxylic acid groups (broad SMARTS) is 1. The number of hydrogen-bond donors (Lipinski definition) is 3. The number of allylic oxidation sites excluding steroid dienone is 2. The molecule has 0 radical (unpaired) electrons. The average molecular weight is 621 g/mol. The van der Waals surface area contributed by atoms with Crippen LogP contribution in [0.5, 0.6) is 11.6 Å². The van der Waals surface area contributed by atoms with E-state index in [2.05, 4.69) is 16.9 Å². The summed E-state index contributed by atoms with van der Waals surface area (Å²) in [7, 11) is 0. The van der Waals surface area contributed by atoms with Crippen LogP contribution in [0.4, 0.5) is 19.1 Å². The Morgan fingerprint density at radius 2 is 1.86 bits per heavy atom. The minimum Gasteiger partial charge on any atom is -0.494 e. The summed E-state index contributed by atoms with van der Waals surface area (Å²) in [6, 6.07) is 13.8. The molecular weight excluding hydrogens is 585 g/mol. The number of nitrogen functional groups attached to an aromatic ring is 1. The first-order valence-electron chi connectivity index (χ1n) is 13.9. The van der Waals surface area contributed by atoms with Crippen molar-refractivity contribution in [1.82, 2.24) is 9.97 Å². The zero-order valence-corrected chi connectivity index (χ0v) is 24.5. The summed E-state index contributed by atoms with van der Waals surface area (Å²) in [5.74, 6) is -0.771. The number of aliphatic carboxylic acids is 1. The number of hydrogen-bond acceptors (Lipinski definition) is 7. The van der Waals surface area contributed by atoms with Crippen molar-refractivity contribution in [3.63, 3.8) is 0 Å². The van der Waals surface area contributed by atoms with E-state index >= 15 is 0 Å². The van der Waals surface area contributed by atoms with E-state index < -0.39 is 24.3 Å². The van der Waals surface area contributed by atoms with Gasteiger partial charge >= 0.3 is 12.1 Å². The van der Waals surface area contributed by atoms with Crippen LogP contribution < -0.4 is 20.9 Å². The van der Waals surface area contributed by atoms with Gasteiger partial charge in [-0.05, 0) is 66.9 Å². The lowest BCUT2D eigenvalue weighted by Gasteiger charge is -2.24. The van der Waals surface area contributed by atoms with Crippen molar-refractivity contribution in [2.75, 3.05) is 12.3 Å². The quantitative estimate of drug-likeness (QED) is 0.184. The molecule has 232 valence electrons. The third-order valence-corrected chi connectivity index (χ3v) is 7.16. The van der Waals surface area contributed by atoms with Gasteiger partial charge in [0.2, 0.25) is 17.9 Å². The predicted octanol–water partition coefficient (Wildman–Crippen LogP) is 6.99. The van der Waals surface area contributed by atoms with E-state index in [0.29, 0.717) is 43.7 Å². The fourth-order valence-electron chi connectivity index (χ4n) is 4.86. The zero-order chi connectivity index (χ0) is 30.3. The Bertz CT molecular complexity index is 1400. The highest BCUT2D eigenvalue weighted by atomic mass is 35.5. The number of nitrogens with two attached hydrogens (primary N) is 2. The maximum absolute atomic E-state index is 14.2. The van der Waals surface area contributed by atoms with Crippen LogP contribution in [0.25, 0.3) is 16.7 Å². The molecule has 0 saturated carbocycles. The first-order chi connectivity index (χ1) is 20.0. The van der Waals surface area contributed by atoms with Crippen molar-refractivity contribution >= 4 is 29.9 Å². The maximum Gasteiger partial charge on any atom is 0.429 e. The number of rotatable bonds is 12. The van der Waals surface area contributed by atoms with Crippen LogP contribution in [-0.2, 0) is 4.79 Å². The second-order valence-electron chi connectivity index (χ2n) is 10.4. The van der Waals surface area contributed by atoms with Crippen LogP contribution in [0.2, 0.25) is 0 Å². The Balaban J connectivity index is 0.00000506. The number of halogens is 4. The van der Waals surface area contributed by atoms with E-state index in [1.54, 1.807) is 12.1 Å². The molecule has 5 N–H and O–H groups in total. The number of carbonyl (C=O) groups is 1. The lowest BCUT2D eigenvalue weighted by Crippen LogP contribution is -2.32. The summed E-state index contributed by atoms with van der Waals surface area (Å²) in [5.41, 5.74) is 14.1. The van der Waals surface area contributed by atoms with Crippen LogP contribution in [-0.4, -0.2) is 39.9 Å². The zero-order valence-electron chi connectivity index (χ0n) is 23.7. The first-order valence-corrected chi connectivity index (χ1v) is 13.9. The number of aromatic nitrogens is 2. The van der Waals surface area contributed by atoms with Gasteiger partial charge in [-0.2, -0.15) is 18.2 Å². The molecule has 2 aromatic carbocycles. The molecule has 0 amide bonds. The predicted molar refractivity (Wildman–Crippen MR) is 161 cm³/mol. The summed E-state index contributed by atoms with van der Waals surface area (Å²) < 4.78 is 53.8. The van der Waals surface area contributed by atoms with Gasteiger partial charge in [0.05, 0.1) is 12.3 Å². The van der Waals surface area contributed by atoms with Gasteiger partial charge in [-0.25, -0.2) is 4.98 Å². The minimum absolute atomic E-state index is 0. The van der Waals surface area contributed by atoms with Crippen LogP contribution in [0.1, 0.15) is 62.8 Å². The van der Waals surface area contributed by atoms with Crippen molar-refractivity contribution in [2.24, 2.45) is 11.7 Å². The monoisotopic (exact) mass is 620 g/mol. The van der Waals surface area contributed by atoms with Gasteiger partial charge in [0.25, 0.3) is 0 Å². The fourth-order valence-corrected chi connectivity index (χ4v) is 4.86. The Morgan fingerprint density at radius 1 is 1.12 bits per heavy atom. The third kappa shape index (κ3) is 9.33. The highest BCUT2D eigenvalue weighted by molar-refractivity contribution is 5.85. The molecule has 1 aliphatic carbocycles. The second kappa shape index (κ2) is 15.1. The highest BCUT2D eigenvalue weighted by Gasteiger charge is 2.43. The van der Waals surface area contributed by atoms with Crippen LogP contribution in [0.3, 0.4) is 0 Å².